The number of hydrogen-bond donors (Lipinski definition) is 4. The van der Waals surface area contributed by atoms with Gasteiger partial charge in [-0.3, -0.25) is 24.7 Å². The van der Waals surface area contributed by atoms with Crippen LogP contribution in [0.25, 0.3) is 21.3 Å². The normalized spacial score (nSPS) is 21.4. The Kier molecular flexibility index (Phi) is 14.5. The first-order valence-corrected chi connectivity index (χ1v) is 29.0. The van der Waals surface area contributed by atoms with Crippen LogP contribution < -0.4 is 24.4 Å². The van der Waals surface area contributed by atoms with Gasteiger partial charge in [0, 0.05) is 87.8 Å². The summed E-state index contributed by atoms with van der Waals surface area (Å²) in [6, 6.07) is 24.4. The molecule has 0 bridgehead atoms. The van der Waals surface area contributed by atoms with Crippen molar-refractivity contribution < 1.29 is 32.7 Å². The van der Waals surface area contributed by atoms with E-state index in [1.54, 1.807) is 25.4 Å². The second-order valence-electron chi connectivity index (χ2n) is 22.2. The number of nitro groups is 1. The number of nitro benzene ring substituents is 1. The van der Waals surface area contributed by atoms with Gasteiger partial charge in [-0.25, -0.2) is 28.1 Å². The van der Waals surface area contributed by atoms with Gasteiger partial charge in [-0.1, -0.05) is 50.2 Å². The third-order valence-corrected chi connectivity index (χ3v) is 18.9. The summed E-state index contributed by atoms with van der Waals surface area (Å²) >= 11 is 1.07. The van der Waals surface area contributed by atoms with Crippen LogP contribution in [0.15, 0.2) is 102 Å². The van der Waals surface area contributed by atoms with Crippen LogP contribution in [0.1, 0.15) is 111 Å². The van der Waals surface area contributed by atoms with Crippen LogP contribution in [0, 0.1) is 21.4 Å². The summed E-state index contributed by atoms with van der Waals surface area (Å²) in [5.74, 6) is 1.36. The van der Waals surface area contributed by atoms with Gasteiger partial charge in [0.15, 0.2) is 0 Å². The number of anilines is 2. The van der Waals surface area contributed by atoms with Gasteiger partial charge in [-0.15, -0.1) is 11.3 Å². The van der Waals surface area contributed by atoms with Crippen LogP contribution in [-0.2, 0) is 16.6 Å². The molecule has 0 radical (unpaired) electrons. The number of benzene rings is 3. The molecule has 3 aromatic carbocycles. The number of thiazole rings is 1. The van der Waals surface area contributed by atoms with E-state index >= 15 is 0 Å². The van der Waals surface area contributed by atoms with E-state index < -0.39 is 37.0 Å². The number of nitrogens with one attached hydrogen (secondary N) is 3. The highest BCUT2D eigenvalue weighted by atomic mass is 32.2. The van der Waals surface area contributed by atoms with E-state index in [2.05, 4.69) is 89.9 Å². The Hall–Kier alpha value is -6.71. The highest BCUT2D eigenvalue weighted by Crippen LogP contribution is 2.53. The summed E-state index contributed by atoms with van der Waals surface area (Å²) in [6.07, 6.45) is 11.5. The Balaban J connectivity index is 0.804. The molecule has 2 aliphatic carbocycles. The van der Waals surface area contributed by atoms with Crippen LogP contribution in [0.3, 0.4) is 0 Å². The van der Waals surface area contributed by atoms with Crippen molar-refractivity contribution in [2.75, 3.05) is 56.6 Å². The second-order valence-corrected chi connectivity index (χ2v) is 24.7. The fourth-order valence-corrected chi connectivity index (χ4v) is 14.3. The Labute approximate surface area is 452 Å². The van der Waals surface area contributed by atoms with Gasteiger partial charge in [0.1, 0.15) is 50.4 Å². The van der Waals surface area contributed by atoms with E-state index in [9.17, 15) is 28.4 Å². The average Bonchev–Trinajstić information content (AvgIpc) is 4.19. The second kappa shape index (κ2) is 21.3. The lowest BCUT2D eigenvalue weighted by Gasteiger charge is -2.58. The molecule has 20 heteroatoms. The quantitative estimate of drug-likeness (QED) is 0.0522. The third kappa shape index (κ3) is 10.9. The number of methoxy groups -OCH3 is 1. The van der Waals surface area contributed by atoms with E-state index in [0.29, 0.717) is 48.6 Å². The summed E-state index contributed by atoms with van der Waals surface area (Å²) in [5.41, 5.74) is 5.16. The molecule has 4 N–H and O–H groups in total. The number of hydrogen-bond acceptors (Lipinski definition) is 16. The number of piperazine rings is 1. The molecule has 2 aliphatic heterocycles. The maximum Gasteiger partial charge on any atom is 0.295 e. The molecule has 18 nitrogen and oxygen atoms in total. The largest absolute Gasteiger partial charge is 0.497 e. The molecule has 1 spiro atoms. The van der Waals surface area contributed by atoms with E-state index in [4.69, 9.17) is 14.5 Å². The maximum atomic E-state index is 14.3. The van der Waals surface area contributed by atoms with Crippen LogP contribution in [0.4, 0.5) is 17.2 Å². The minimum Gasteiger partial charge on any atom is -0.497 e. The number of aliphatic hydroxyl groups is 1. The Bertz CT molecular complexity index is 3410. The van der Waals surface area contributed by atoms with E-state index in [1.165, 1.54) is 34.6 Å². The van der Waals surface area contributed by atoms with Crippen molar-refractivity contribution in [3.63, 3.8) is 0 Å². The molecule has 1 atom stereocenters. The van der Waals surface area contributed by atoms with Gasteiger partial charge in [0.2, 0.25) is 0 Å². The number of carbonyl (C=O) groups is 1. The van der Waals surface area contributed by atoms with Crippen LogP contribution in [-0.4, -0.2) is 112 Å². The van der Waals surface area contributed by atoms with E-state index in [1.807, 2.05) is 25.1 Å². The number of carbonyl (C=O) groups excluding carboxylic acids is 1. The zero-order chi connectivity index (χ0) is 53.6. The zero-order valence-electron chi connectivity index (χ0n) is 43.9. The van der Waals surface area contributed by atoms with Crippen molar-refractivity contribution in [2.24, 2.45) is 11.3 Å². The molecule has 404 valence electrons. The molecule has 7 aromatic rings. The van der Waals surface area contributed by atoms with Gasteiger partial charge in [-0.05, 0) is 116 Å². The van der Waals surface area contributed by atoms with Crippen molar-refractivity contribution in [3.8, 4) is 17.2 Å². The fourth-order valence-electron chi connectivity index (χ4n) is 12.3. The summed E-state index contributed by atoms with van der Waals surface area (Å²) in [5, 5.41) is 27.0. The third-order valence-electron chi connectivity index (χ3n) is 16.7. The Morgan fingerprint density at radius 3 is 2.47 bits per heavy atom. The van der Waals surface area contributed by atoms with Crippen molar-refractivity contribution >= 4 is 65.7 Å². The number of amides is 1. The Morgan fingerprint density at radius 2 is 1.73 bits per heavy atom. The van der Waals surface area contributed by atoms with Crippen molar-refractivity contribution in [2.45, 2.75) is 107 Å². The van der Waals surface area contributed by atoms with Gasteiger partial charge >= 0.3 is 0 Å². The first-order chi connectivity index (χ1) is 37.0. The van der Waals surface area contributed by atoms with Crippen LogP contribution >= 0.6 is 11.3 Å². The summed E-state index contributed by atoms with van der Waals surface area (Å²) in [4.78, 5) is 49.9. The number of fused-ring (bicyclic) bond motifs is 2. The summed E-state index contributed by atoms with van der Waals surface area (Å²) in [6.45, 7) is 12.1. The molecule has 11 rings (SSSR count). The predicted octanol–water partition coefficient (Wildman–Crippen LogP) is 10.2. The number of nitrogens with zero attached hydrogens (tertiary/aromatic N) is 7. The number of aromatic nitrogens is 4. The molecule has 1 amide bonds. The zero-order valence-corrected chi connectivity index (χ0v) is 45.5. The SMILES string of the molecule is COc1ccc(CN2CCN(C3CC4(CCN(c5cc(Oc6cnc7[nH]ccc7c6)c(C(=O)NS(=O)(=O)c6cc([N+](=O)[O-])c(NC[C@H]7CC[C@](C)(O)CC7)c7scnc67)cn5)CC4)C3)[C@H](c3ccccc3C(C)C)C2)cc1. The van der Waals surface area contributed by atoms with Crippen molar-refractivity contribution in [1.29, 1.82) is 0 Å². The van der Waals surface area contributed by atoms with E-state index in [-0.39, 0.29) is 44.6 Å². The standard InChI is InChI=1S/C57H66N10O8S2/c1-36(2)43-7-5-6-8-44(43)47-34-64(33-38-9-11-41(74-4)12-10-38)23-24-66(47)40-28-57(29-40)18-21-65(22-19-57)50-27-48(75-42-25-39-15-20-58-54(39)61-31-42)45(32-59-50)55(68)63-77(72,73)49-26-46(67(70)71)51(53-52(49)62-35-76-53)60-30-37-13-16-56(3,69)17-14-37/h5-12,15,20,25-27,31-32,35-37,40,47,60,69H,13-14,16-19,21-24,28-30,33-34H2,1-4H3,(H,58,61)(H,63,68)/t37-,47-,56-/m0/s1. The molecule has 2 saturated heterocycles. The lowest BCUT2D eigenvalue weighted by molar-refractivity contribution is -0.384. The number of piperidine rings is 1. The number of rotatable bonds is 16. The number of H-pyrrole nitrogens is 1. The highest BCUT2D eigenvalue weighted by molar-refractivity contribution is 7.90. The molecule has 6 heterocycles. The van der Waals surface area contributed by atoms with Crippen LogP contribution in [0.5, 0.6) is 17.2 Å². The molecule has 2 saturated carbocycles. The molecular weight excluding hydrogens is 1020 g/mol. The smallest absolute Gasteiger partial charge is 0.295 e. The molecule has 77 heavy (non-hydrogen) atoms. The predicted molar refractivity (Wildman–Crippen MR) is 298 cm³/mol. The monoisotopic (exact) mass is 1080 g/mol. The van der Waals surface area contributed by atoms with E-state index in [0.717, 1.165) is 106 Å². The fraction of sp³-hybridized carbons (Fsp3) is 0.439. The molecule has 4 aromatic heterocycles. The molecule has 4 fully saturated rings. The van der Waals surface area contributed by atoms with Gasteiger partial charge in [0.05, 0.1) is 34.0 Å². The van der Waals surface area contributed by atoms with Gasteiger partial charge in [0.25, 0.3) is 21.6 Å². The first kappa shape index (κ1) is 52.3. The highest BCUT2D eigenvalue weighted by Gasteiger charge is 2.50. The van der Waals surface area contributed by atoms with Gasteiger partial charge in [-0.2, -0.15) is 0 Å². The van der Waals surface area contributed by atoms with Crippen molar-refractivity contribution in [3.05, 3.63) is 129 Å². The lowest BCUT2D eigenvalue weighted by Crippen LogP contribution is -2.60. The summed E-state index contributed by atoms with van der Waals surface area (Å²) < 4.78 is 42.9. The average molecular weight is 1080 g/mol. The maximum absolute atomic E-state index is 14.3. The molecule has 0 unspecified atom stereocenters. The van der Waals surface area contributed by atoms with Gasteiger partial charge < -0.3 is 29.8 Å². The minimum absolute atomic E-state index is 0.00827. The van der Waals surface area contributed by atoms with Crippen LogP contribution in [0.2, 0.25) is 0 Å². The first-order valence-electron chi connectivity index (χ1n) is 26.7. The van der Waals surface area contributed by atoms with Crippen molar-refractivity contribution in [1.82, 2.24) is 34.5 Å². The minimum atomic E-state index is -4.77. The molecule has 4 aliphatic rings. The number of pyridine rings is 2. The Morgan fingerprint density at radius 1 is 0.961 bits per heavy atom. The lowest BCUT2D eigenvalue weighted by atomic mass is 9.59. The number of ether oxygens (including phenoxy) is 2. The number of sulfonamides is 1. The molecular formula is C57H66N10O8S2. The summed E-state index contributed by atoms with van der Waals surface area (Å²) in [7, 11) is -3.07. The number of aromatic amines is 1. The topological polar surface area (TPSA) is 221 Å².